The molecule has 2 fully saturated rings. The topological polar surface area (TPSA) is 53.2 Å². The van der Waals surface area contributed by atoms with Crippen LogP contribution in [0.1, 0.15) is 44.8 Å². The van der Waals surface area contributed by atoms with E-state index in [2.05, 4.69) is 42.0 Å². The van der Waals surface area contributed by atoms with Gasteiger partial charge in [0.15, 0.2) is 5.96 Å². The Balaban J connectivity index is 1.77. The fraction of sp³-hybridized carbons (Fsp3) is 0.762. The van der Waals surface area contributed by atoms with E-state index in [4.69, 9.17) is 14.1 Å². The summed E-state index contributed by atoms with van der Waals surface area (Å²) in [5.41, 5.74) is 0. The number of nitrogens with zero attached hydrogens (tertiary/aromatic N) is 3. The Hall–Kier alpha value is -1.53. The number of aliphatic imine (C=N–C) groups is 1. The summed E-state index contributed by atoms with van der Waals surface area (Å²) in [5.74, 6) is 4.42. The second-order valence-corrected chi connectivity index (χ2v) is 8.16. The highest BCUT2D eigenvalue weighted by atomic mass is 16.5. The van der Waals surface area contributed by atoms with E-state index < -0.39 is 0 Å². The summed E-state index contributed by atoms with van der Waals surface area (Å²) in [6, 6.07) is 4.31. The number of furan rings is 1. The predicted octanol–water partition coefficient (Wildman–Crippen LogP) is 2.90. The van der Waals surface area contributed by atoms with Gasteiger partial charge in [-0.15, -0.1) is 0 Å². The highest BCUT2D eigenvalue weighted by Gasteiger charge is 2.27. The third kappa shape index (κ3) is 5.48. The third-order valence-electron chi connectivity index (χ3n) is 5.49. The lowest BCUT2D eigenvalue weighted by atomic mass is 9.92. The number of ether oxygens (including phenoxy) is 1. The number of likely N-dealkylation sites (tertiary alicyclic amines) is 1. The molecular weight excluding hydrogens is 340 g/mol. The normalized spacial score (nSPS) is 26.2. The molecule has 3 unspecified atom stereocenters. The lowest BCUT2D eigenvalue weighted by Crippen LogP contribution is -2.49. The third-order valence-corrected chi connectivity index (χ3v) is 5.49. The summed E-state index contributed by atoms with van der Waals surface area (Å²) in [5, 5.41) is 3.51. The Bertz CT molecular complexity index is 599. The van der Waals surface area contributed by atoms with Crippen LogP contribution in [0, 0.1) is 18.8 Å². The van der Waals surface area contributed by atoms with E-state index >= 15 is 0 Å². The van der Waals surface area contributed by atoms with E-state index in [-0.39, 0.29) is 6.04 Å². The van der Waals surface area contributed by atoms with E-state index in [1.165, 1.54) is 6.42 Å². The molecule has 0 bridgehead atoms. The Morgan fingerprint density at radius 1 is 1.22 bits per heavy atom. The van der Waals surface area contributed by atoms with Crippen molar-refractivity contribution in [2.45, 2.75) is 40.2 Å². The highest BCUT2D eigenvalue weighted by Crippen LogP contribution is 2.25. The maximum Gasteiger partial charge on any atom is 0.194 e. The summed E-state index contributed by atoms with van der Waals surface area (Å²) in [7, 11) is 0. The Kier molecular flexibility index (Phi) is 7.19. The standard InChI is InChI=1S/C21H36N4O2/c1-5-22-21(25-14-16(2)12-17(3)15-25)23-13-19(20-7-6-18(4)27-20)24-8-10-26-11-9-24/h6-7,16-17,19H,5,8-15H2,1-4H3,(H,22,23). The maximum atomic E-state index is 5.98. The summed E-state index contributed by atoms with van der Waals surface area (Å²) < 4.78 is 11.5. The van der Waals surface area contributed by atoms with E-state index in [0.29, 0.717) is 18.4 Å². The molecule has 1 aromatic heterocycles. The largest absolute Gasteiger partial charge is 0.465 e. The van der Waals surface area contributed by atoms with E-state index in [9.17, 15) is 0 Å². The Morgan fingerprint density at radius 2 is 1.93 bits per heavy atom. The molecule has 0 saturated carbocycles. The van der Waals surface area contributed by atoms with Crippen LogP contribution in [-0.4, -0.2) is 68.2 Å². The van der Waals surface area contributed by atoms with Crippen molar-refractivity contribution < 1.29 is 9.15 Å². The number of piperidine rings is 1. The first kappa shape index (κ1) is 20.2. The second-order valence-electron chi connectivity index (χ2n) is 8.16. The van der Waals surface area contributed by atoms with Crippen molar-refractivity contribution in [2.75, 3.05) is 52.5 Å². The molecule has 0 amide bonds. The van der Waals surface area contributed by atoms with Gasteiger partial charge in [0, 0.05) is 32.7 Å². The van der Waals surface area contributed by atoms with Crippen LogP contribution in [0.4, 0.5) is 0 Å². The van der Waals surface area contributed by atoms with Gasteiger partial charge >= 0.3 is 0 Å². The van der Waals surface area contributed by atoms with Crippen LogP contribution >= 0.6 is 0 Å². The number of aryl methyl sites for hydroxylation is 1. The minimum Gasteiger partial charge on any atom is -0.465 e. The Morgan fingerprint density at radius 3 is 2.52 bits per heavy atom. The predicted molar refractivity (Wildman–Crippen MR) is 109 cm³/mol. The number of rotatable bonds is 5. The van der Waals surface area contributed by atoms with Gasteiger partial charge in [0.2, 0.25) is 0 Å². The zero-order chi connectivity index (χ0) is 19.2. The van der Waals surface area contributed by atoms with Gasteiger partial charge in [-0.05, 0) is 44.2 Å². The SMILES string of the molecule is CCNC(=NCC(c1ccc(C)o1)N1CCOCC1)N1CC(C)CC(C)C1. The maximum absolute atomic E-state index is 5.98. The van der Waals surface area contributed by atoms with E-state index in [0.717, 1.165) is 63.4 Å². The molecule has 2 aliphatic heterocycles. The number of hydrogen-bond acceptors (Lipinski definition) is 4. The van der Waals surface area contributed by atoms with Gasteiger partial charge in [-0.3, -0.25) is 9.89 Å². The molecule has 0 spiro atoms. The molecule has 1 N–H and O–H groups in total. The van der Waals surface area contributed by atoms with Gasteiger partial charge < -0.3 is 19.4 Å². The molecule has 3 atom stereocenters. The Labute approximate surface area is 163 Å². The van der Waals surface area contributed by atoms with Crippen molar-refractivity contribution >= 4 is 5.96 Å². The molecule has 1 aromatic rings. The van der Waals surface area contributed by atoms with Gasteiger partial charge in [0.1, 0.15) is 11.5 Å². The zero-order valence-electron chi connectivity index (χ0n) is 17.4. The van der Waals surface area contributed by atoms with Gasteiger partial charge in [-0.2, -0.15) is 0 Å². The monoisotopic (exact) mass is 376 g/mol. The van der Waals surface area contributed by atoms with Gasteiger partial charge in [-0.1, -0.05) is 13.8 Å². The summed E-state index contributed by atoms with van der Waals surface area (Å²) in [4.78, 5) is 9.93. The number of guanidine groups is 1. The molecule has 27 heavy (non-hydrogen) atoms. The molecule has 152 valence electrons. The highest BCUT2D eigenvalue weighted by molar-refractivity contribution is 5.80. The first-order chi connectivity index (χ1) is 13.1. The summed E-state index contributed by atoms with van der Waals surface area (Å²) in [6.45, 7) is 16.0. The second kappa shape index (κ2) is 9.60. The average Bonchev–Trinajstić information content (AvgIpc) is 3.07. The summed E-state index contributed by atoms with van der Waals surface area (Å²) in [6.07, 6.45) is 1.30. The molecule has 3 heterocycles. The van der Waals surface area contributed by atoms with Crippen LogP contribution in [-0.2, 0) is 4.74 Å². The smallest absolute Gasteiger partial charge is 0.194 e. The number of morpholine rings is 1. The van der Waals surface area contributed by atoms with Crippen LogP contribution in [0.15, 0.2) is 21.5 Å². The average molecular weight is 377 g/mol. The molecule has 0 aliphatic carbocycles. The summed E-state index contributed by atoms with van der Waals surface area (Å²) >= 11 is 0. The molecule has 2 aliphatic rings. The molecule has 0 radical (unpaired) electrons. The van der Waals surface area contributed by atoms with E-state index in [1.807, 2.05) is 13.0 Å². The van der Waals surface area contributed by atoms with Crippen LogP contribution in [0.2, 0.25) is 0 Å². The lowest BCUT2D eigenvalue weighted by Gasteiger charge is -2.37. The van der Waals surface area contributed by atoms with Crippen molar-refractivity contribution in [3.05, 3.63) is 23.7 Å². The lowest BCUT2D eigenvalue weighted by molar-refractivity contribution is 0.0134. The number of hydrogen-bond donors (Lipinski definition) is 1. The molecule has 6 nitrogen and oxygen atoms in total. The van der Waals surface area contributed by atoms with Gasteiger partial charge in [0.05, 0.1) is 25.8 Å². The molecule has 0 aromatic carbocycles. The first-order valence-electron chi connectivity index (χ1n) is 10.5. The molecule has 2 saturated heterocycles. The first-order valence-corrected chi connectivity index (χ1v) is 10.5. The van der Waals surface area contributed by atoms with Crippen molar-refractivity contribution in [2.24, 2.45) is 16.8 Å². The van der Waals surface area contributed by atoms with Crippen molar-refractivity contribution in [3.8, 4) is 0 Å². The van der Waals surface area contributed by atoms with Crippen LogP contribution < -0.4 is 5.32 Å². The van der Waals surface area contributed by atoms with Crippen molar-refractivity contribution in [3.63, 3.8) is 0 Å². The quantitative estimate of drug-likeness (QED) is 0.633. The zero-order valence-corrected chi connectivity index (χ0v) is 17.4. The van der Waals surface area contributed by atoms with Crippen LogP contribution in [0.5, 0.6) is 0 Å². The fourth-order valence-corrected chi connectivity index (χ4v) is 4.34. The minimum absolute atomic E-state index is 0.163. The van der Waals surface area contributed by atoms with Crippen LogP contribution in [0.3, 0.4) is 0 Å². The molecule has 6 heteroatoms. The van der Waals surface area contributed by atoms with Crippen molar-refractivity contribution in [1.29, 1.82) is 0 Å². The minimum atomic E-state index is 0.163. The van der Waals surface area contributed by atoms with Crippen LogP contribution in [0.25, 0.3) is 0 Å². The van der Waals surface area contributed by atoms with E-state index in [1.54, 1.807) is 0 Å². The molecular formula is C21H36N4O2. The van der Waals surface area contributed by atoms with Gasteiger partial charge in [-0.25, -0.2) is 0 Å². The molecule has 3 rings (SSSR count). The number of nitrogens with one attached hydrogen (secondary N) is 1. The van der Waals surface area contributed by atoms with Crippen molar-refractivity contribution in [1.82, 2.24) is 15.1 Å². The fourth-order valence-electron chi connectivity index (χ4n) is 4.34. The van der Waals surface area contributed by atoms with Gasteiger partial charge in [0.25, 0.3) is 0 Å².